The lowest BCUT2D eigenvalue weighted by molar-refractivity contribution is -0.103. The molecule has 0 saturated carbocycles. The number of rotatable bonds is 4. The van der Waals surface area contributed by atoms with Crippen molar-refractivity contribution in [3.63, 3.8) is 0 Å². The van der Waals surface area contributed by atoms with E-state index < -0.39 is 5.60 Å². The van der Waals surface area contributed by atoms with Crippen LogP contribution in [0.5, 0.6) is 0 Å². The van der Waals surface area contributed by atoms with Gasteiger partial charge in [-0.05, 0) is 49.5 Å². The topological polar surface area (TPSA) is 23.5 Å². The number of hydrogen-bond donors (Lipinski definition) is 1. The molecule has 0 radical (unpaired) electrons. The van der Waals surface area contributed by atoms with Crippen LogP contribution < -0.4 is 0 Å². The second-order valence-electron chi connectivity index (χ2n) is 9.09. The van der Waals surface area contributed by atoms with Crippen molar-refractivity contribution in [1.82, 2.24) is 4.90 Å². The number of nitrogens with zero attached hydrogens (tertiary/aromatic N) is 1. The first-order valence-corrected chi connectivity index (χ1v) is 9.37. The van der Waals surface area contributed by atoms with E-state index in [9.17, 15) is 5.11 Å². The highest BCUT2D eigenvalue weighted by Crippen LogP contribution is 2.43. The molecule has 2 heterocycles. The van der Waals surface area contributed by atoms with Gasteiger partial charge in [0.15, 0.2) is 0 Å². The lowest BCUT2D eigenvalue weighted by atomic mass is 9.71. The average molecular weight is 316 g/mol. The molecule has 2 nitrogen and oxygen atoms in total. The predicted molar refractivity (Wildman–Crippen MR) is 96.3 cm³/mol. The van der Waals surface area contributed by atoms with E-state index in [4.69, 9.17) is 0 Å². The van der Waals surface area contributed by atoms with E-state index in [2.05, 4.69) is 56.0 Å². The van der Waals surface area contributed by atoms with E-state index in [0.29, 0.717) is 17.5 Å². The maximum atomic E-state index is 11.2. The molecule has 1 N–H and O–H groups in total. The molecule has 2 atom stereocenters. The molecule has 2 bridgehead atoms. The third-order valence-corrected chi connectivity index (χ3v) is 5.79. The van der Waals surface area contributed by atoms with Gasteiger partial charge in [0.1, 0.15) is 0 Å². The van der Waals surface area contributed by atoms with Crippen LogP contribution in [0.2, 0.25) is 0 Å². The van der Waals surface area contributed by atoms with Gasteiger partial charge in [-0.15, -0.1) is 0 Å². The summed E-state index contributed by atoms with van der Waals surface area (Å²) in [6.45, 7) is 7.89. The largest absolute Gasteiger partial charge is 0.390 e. The van der Waals surface area contributed by atoms with Crippen LogP contribution in [0, 0.1) is 5.41 Å². The van der Waals surface area contributed by atoms with Crippen LogP contribution in [0.25, 0.3) is 0 Å². The second-order valence-corrected chi connectivity index (χ2v) is 9.09. The Morgan fingerprint density at radius 3 is 2.26 bits per heavy atom. The fraction of sp³-hybridized carbons (Fsp3) is 0.714. The molecule has 23 heavy (non-hydrogen) atoms. The Bertz CT molecular complexity index is 490. The molecular formula is C21H33NO. The quantitative estimate of drug-likeness (QED) is 0.866. The summed E-state index contributed by atoms with van der Waals surface area (Å²) in [5, 5.41) is 11.2. The van der Waals surface area contributed by atoms with Gasteiger partial charge in [0.25, 0.3) is 0 Å². The van der Waals surface area contributed by atoms with E-state index in [1.807, 2.05) is 0 Å². The molecule has 2 unspecified atom stereocenters. The maximum Gasteiger partial charge on any atom is 0.0677 e. The van der Waals surface area contributed by atoms with Crippen molar-refractivity contribution in [2.75, 3.05) is 0 Å². The zero-order valence-electron chi connectivity index (χ0n) is 15.1. The van der Waals surface area contributed by atoms with Crippen LogP contribution in [-0.4, -0.2) is 27.7 Å². The van der Waals surface area contributed by atoms with Gasteiger partial charge in [-0.3, -0.25) is 4.90 Å². The molecule has 1 aromatic rings. The molecule has 0 aliphatic carbocycles. The van der Waals surface area contributed by atoms with Crippen molar-refractivity contribution in [2.45, 2.75) is 89.9 Å². The van der Waals surface area contributed by atoms with Crippen LogP contribution in [-0.2, 0) is 6.54 Å². The second kappa shape index (κ2) is 6.57. The number of benzene rings is 1. The summed E-state index contributed by atoms with van der Waals surface area (Å²) in [6, 6.07) is 11.9. The molecule has 0 spiro atoms. The van der Waals surface area contributed by atoms with Gasteiger partial charge in [0.2, 0.25) is 0 Å². The minimum Gasteiger partial charge on any atom is -0.390 e. The summed E-state index contributed by atoms with van der Waals surface area (Å²) in [4.78, 5) is 2.68. The first-order chi connectivity index (χ1) is 10.8. The molecule has 0 aromatic heterocycles. The van der Waals surface area contributed by atoms with Crippen molar-refractivity contribution >= 4 is 0 Å². The number of fused-ring (bicyclic) bond motifs is 2. The average Bonchev–Trinajstić information content (AvgIpc) is 2.47. The minimum atomic E-state index is -0.434. The van der Waals surface area contributed by atoms with Gasteiger partial charge in [0.05, 0.1) is 5.60 Å². The maximum absolute atomic E-state index is 11.2. The minimum absolute atomic E-state index is 0.312. The Morgan fingerprint density at radius 2 is 1.70 bits per heavy atom. The number of piperidine rings is 2. The predicted octanol–water partition coefficient (Wildman–Crippen LogP) is 4.76. The van der Waals surface area contributed by atoms with Gasteiger partial charge < -0.3 is 5.11 Å². The summed E-state index contributed by atoms with van der Waals surface area (Å²) < 4.78 is 0. The van der Waals surface area contributed by atoms with E-state index in [1.165, 1.54) is 24.8 Å². The molecule has 3 rings (SSSR count). The summed E-state index contributed by atoms with van der Waals surface area (Å²) in [7, 11) is 0. The van der Waals surface area contributed by atoms with Crippen LogP contribution in [0.3, 0.4) is 0 Å². The highest BCUT2D eigenvalue weighted by atomic mass is 16.3. The number of hydrogen-bond acceptors (Lipinski definition) is 2. The van der Waals surface area contributed by atoms with Crippen molar-refractivity contribution in [2.24, 2.45) is 5.41 Å². The normalized spacial score (nSPS) is 32.0. The fourth-order valence-corrected chi connectivity index (χ4v) is 4.48. The van der Waals surface area contributed by atoms with Gasteiger partial charge in [0, 0.05) is 18.6 Å². The van der Waals surface area contributed by atoms with Crippen LogP contribution >= 0.6 is 0 Å². The lowest BCUT2D eigenvalue weighted by Crippen LogP contribution is -2.57. The SMILES string of the molecule is CC(C)(C)CCC1(O)CC2CCCC(C1)N2Cc1ccccc1. The fourth-order valence-electron chi connectivity index (χ4n) is 4.48. The Balaban J connectivity index is 1.68. The zero-order valence-corrected chi connectivity index (χ0v) is 15.1. The van der Waals surface area contributed by atoms with E-state index in [-0.39, 0.29) is 0 Å². The molecule has 1 aromatic carbocycles. The van der Waals surface area contributed by atoms with Gasteiger partial charge >= 0.3 is 0 Å². The Morgan fingerprint density at radius 1 is 1.09 bits per heavy atom. The van der Waals surface area contributed by atoms with Crippen molar-refractivity contribution < 1.29 is 5.11 Å². The standard InChI is InChI=1S/C21H33NO/c1-20(2,3)12-13-21(23)14-18-10-7-11-19(15-21)22(18)16-17-8-5-4-6-9-17/h4-6,8-9,18-19,23H,7,10-16H2,1-3H3. The first-order valence-electron chi connectivity index (χ1n) is 9.37. The highest BCUT2D eigenvalue weighted by molar-refractivity contribution is 5.15. The molecule has 2 fully saturated rings. The van der Waals surface area contributed by atoms with Crippen LogP contribution in [0.15, 0.2) is 30.3 Å². The summed E-state index contributed by atoms with van der Waals surface area (Å²) in [5.41, 5.74) is 1.28. The highest BCUT2D eigenvalue weighted by Gasteiger charge is 2.45. The van der Waals surface area contributed by atoms with E-state index >= 15 is 0 Å². The molecule has 2 heteroatoms. The first kappa shape index (κ1) is 17.0. The molecular weight excluding hydrogens is 282 g/mol. The molecule has 2 saturated heterocycles. The van der Waals surface area contributed by atoms with E-state index in [0.717, 1.165) is 32.2 Å². The van der Waals surface area contributed by atoms with Crippen LogP contribution in [0.4, 0.5) is 0 Å². The third kappa shape index (κ3) is 4.36. The van der Waals surface area contributed by atoms with Crippen molar-refractivity contribution in [1.29, 1.82) is 0 Å². The summed E-state index contributed by atoms with van der Waals surface area (Å²) in [5.74, 6) is 0. The van der Waals surface area contributed by atoms with Crippen LogP contribution in [0.1, 0.15) is 71.3 Å². The molecule has 2 aliphatic rings. The molecule has 0 amide bonds. The Kier molecular flexibility index (Phi) is 4.85. The van der Waals surface area contributed by atoms with Gasteiger partial charge in [-0.25, -0.2) is 0 Å². The Labute approximate surface area is 141 Å². The molecule has 2 aliphatic heterocycles. The zero-order chi connectivity index (χ0) is 16.5. The van der Waals surface area contributed by atoms with Gasteiger partial charge in [-0.2, -0.15) is 0 Å². The molecule has 128 valence electrons. The third-order valence-electron chi connectivity index (χ3n) is 5.79. The van der Waals surface area contributed by atoms with Gasteiger partial charge in [-0.1, -0.05) is 57.5 Å². The Hall–Kier alpha value is -0.860. The van der Waals surface area contributed by atoms with Crippen molar-refractivity contribution in [3.05, 3.63) is 35.9 Å². The number of aliphatic hydroxyl groups is 1. The van der Waals surface area contributed by atoms with E-state index in [1.54, 1.807) is 0 Å². The van der Waals surface area contributed by atoms with Crippen molar-refractivity contribution in [3.8, 4) is 0 Å². The lowest BCUT2D eigenvalue weighted by Gasteiger charge is -2.52. The summed E-state index contributed by atoms with van der Waals surface area (Å²) >= 11 is 0. The smallest absolute Gasteiger partial charge is 0.0677 e. The summed E-state index contributed by atoms with van der Waals surface area (Å²) in [6.07, 6.45) is 7.83. The monoisotopic (exact) mass is 315 g/mol.